The first-order chi connectivity index (χ1) is 13.5. The molecule has 1 aliphatic rings. The first-order valence-corrected chi connectivity index (χ1v) is 9.07. The van der Waals surface area contributed by atoms with Crippen molar-refractivity contribution in [1.82, 2.24) is 19.3 Å². The Kier molecular flexibility index (Phi) is 4.66. The molecular formula is C19H18F2N4O3. The predicted molar refractivity (Wildman–Crippen MR) is 96.0 cm³/mol. The van der Waals surface area contributed by atoms with E-state index in [0.29, 0.717) is 30.1 Å². The molecule has 0 saturated heterocycles. The zero-order valence-electron chi connectivity index (χ0n) is 15.2. The van der Waals surface area contributed by atoms with E-state index >= 15 is 0 Å². The summed E-state index contributed by atoms with van der Waals surface area (Å²) in [5.74, 6) is -1.58. The average Bonchev–Trinajstić information content (AvgIpc) is 2.94. The van der Waals surface area contributed by atoms with Crippen molar-refractivity contribution >= 4 is 0 Å². The molecule has 4 rings (SSSR count). The summed E-state index contributed by atoms with van der Waals surface area (Å²) in [4.78, 5) is 30.4. The van der Waals surface area contributed by atoms with Crippen LogP contribution >= 0.6 is 0 Å². The van der Waals surface area contributed by atoms with E-state index in [-0.39, 0.29) is 17.9 Å². The summed E-state index contributed by atoms with van der Waals surface area (Å²) in [6.07, 6.45) is 3.14. The average molecular weight is 388 g/mol. The zero-order valence-corrected chi connectivity index (χ0v) is 15.2. The van der Waals surface area contributed by atoms with E-state index < -0.39 is 22.9 Å². The van der Waals surface area contributed by atoms with E-state index in [1.807, 2.05) is 0 Å². The number of fused-ring (bicyclic) bond motifs is 1. The van der Waals surface area contributed by atoms with Gasteiger partial charge in [-0.3, -0.25) is 13.9 Å². The summed E-state index contributed by atoms with van der Waals surface area (Å²) in [6.45, 7) is 1.90. The van der Waals surface area contributed by atoms with Crippen molar-refractivity contribution in [2.75, 3.05) is 0 Å². The lowest BCUT2D eigenvalue weighted by Gasteiger charge is -2.16. The second kappa shape index (κ2) is 7.14. The molecule has 0 bridgehead atoms. The molecule has 9 heteroatoms. The molecule has 28 heavy (non-hydrogen) atoms. The van der Waals surface area contributed by atoms with Crippen LogP contribution in [0.25, 0.3) is 11.4 Å². The zero-order chi connectivity index (χ0) is 19.8. The summed E-state index contributed by atoms with van der Waals surface area (Å²) < 4.78 is 34.4. The molecule has 146 valence electrons. The minimum Gasteiger partial charge on any atom is -0.339 e. The Bertz CT molecular complexity index is 1160. The first-order valence-electron chi connectivity index (χ1n) is 9.07. The van der Waals surface area contributed by atoms with Crippen LogP contribution in [0.5, 0.6) is 0 Å². The SMILES string of the molecule is Cc1nc(-c2c3n(c(=O)n(Cc4ccc(F)c(F)c4)c2=O)CCCCC3)no1. The number of nitrogens with zero attached hydrogens (tertiary/aromatic N) is 4. The van der Waals surface area contributed by atoms with Crippen molar-refractivity contribution in [2.45, 2.75) is 45.7 Å². The fraction of sp³-hybridized carbons (Fsp3) is 0.368. The van der Waals surface area contributed by atoms with Crippen LogP contribution in [0.15, 0.2) is 32.3 Å². The summed E-state index contributed by atoms with van der Waals surface area (Å²) >= 11 is 0. The van der Waals surface area contributed by atoms with Gasteiger partial charge in [0.15, 0.2) is 11.6 Å². The van der Waals surface area contributed by atoms with Gasteiger partial charge in [0.1, 0.15) is 5.56 Å². The molecule has 3 heterocycles. The third-order valence-electron chi connectivity index (χ3n) is 4.91. The van der Waals surface area contributed by atoms with Crippen LogP contribution in [-0.4, -0.2) is 19.3 Å². The van der Waals surface area contributed by atoms with Gasteiger partial charge in [-0.1, -0.05) is 17.6 Å². The number of rotatable bonds is 3. The van der Waals surface area contributed by atoms with Crippen molar-refractivity contribution in [3.63, 3.8) is 0 Å². The van der Waals surface area contributed by atoms with Gasteiger partial charge in [-0.05, 0) is 37.0 Å². The molecule has 0 N–H and O–H groups in total. The molecule has 0 amide bonds. The molecule has 1 aromatic carbocycles. The second-order valence-corrected chi connectivity index (χ2v) is 6.84. The Morgan fingerprint density at radius 2 is 1.96 bits per heavy atom. The van der Waals surface area contributed by atoms with Gasteiger partial charge in [-0.25, -0.2) is 13.6 Å². The fourth-order valence-electron chi connectivity index (χ4n) is 3.56. The number of hydrogen-bond acceptors (Lipinski definition) is 5. The number of halogens is 2. The first kappa shape index (κ1) is 18.3. The molecule has 3 aromatic rings. The lowest BCUT2D eigenvalue weighted by Crippen LogP contribution is -2.42. The molecule has 1 aliphatic heterocycles. The number of hydrogen-bond donors (Lipinski definition) is 0. The maximum absolute atomic E-state index is 13.6. The molecule has 0 aliphatic carbocycles. The van der Waals surface area contributed by atoms with Crippen LogP contribution in [-0.2, 0) is 19.5 Å². The highest BCUT2D eigenvalue weighted by atomic mass is 19.2. The summed E-state index contributed by atoms with van der Waals surface area (Å²) in [5, 5.41) is 3.86. The summed E-state index contributed by atoms with van der Waals surface area (Å²) in [5.41, 5.74) is 0.0811. The third kappa shape index (κ3) is 3.17. The van der Waals surface area contributed by atoms with Crippen LogP contribution in [0.2, 0.25) is 0 Å². The molecule has 0 unspecified atom stereocenters. The van der Waals surface area contributed by atoms with Crippen LogP contribution in [0.1, 0.15) is 36.4 Å². The second-order valence-electron chi connectivity index (χ2n) is 6.84. The van der Waals surface area contributed by atoms with Crippen molar-refractivity contribution < 1.29 is 13.3 Å². The summed E-state index contributed by atoms with van der Waals surface area (Å²) in [7, 11) is 0. The largest absolute Gasteiger partial charge is 0.339 e. The van der Waals surface area contributed by atoms with E-state index in [4.69, 9.17) is 4.52 Å². The summed E-state index contributed by atoms with van der Waals surface area (Å²) in [6, 6.07) is 3.30. The van der Waals surface area contributed by atoms with Crippen molar-refractivity contribution in [1.29, 1.82) is 0 Å². The van der Waals surface area contributed by atoms with Crippen LogP contribution in [0.4, 0.5) is 8.78 Å². The van der Waals surface area contributed by atoms with Gasteiger partial charge in [0.25, 0.3) is 5.56 Å². The molecule has 0 fully saturated rings. The van der Waals surface area contributed by atoms with Gasteiger partial charge in [0.05, 0.1) is 6.54 Å². The Labute approximate surface area is 158 Å². The van der Waals surface area contributed by atoms with Crippen molar-refractivity contribution in [2.24, 2.45) is 0 Å². The number of benzene rings is 1. The van der Waals surface area contributed by atoms with E-state index in [9.17, 15) is 18.4 Å². The Hall–Kier alpha value is -3.10. The Morgan fingerprint density at radius 3 is 2.68 bits per heavy atom. The fourth-order valence-corrected chi connectivity index (χ4v) is 3.56. The van der Waals surface area contributed by atoms with Gasteiger partial charge in [0.2, 0.25) is 11.7 Å². The van der Waals surface area contributed by atoms with E-state index in [1.165, 1.54) is 6.07 Å². The van der Waals surface area contributed by atoms with E-state index in [1.54, 1.807) is 11.5 Å². The van der Waals surface area contributed by atoms with Gasteiger partial charge in [0, 0.05) is 19.2 Å². The standard InChI is InChI=1S/C19H18F2N4O3/c1-11-22-17(23-28-11)16-15-5-3-2-4-8-24(15)19(27)25(18(16)26)10-12-6-7-13(20)14(21)9-12/h6-7,9H,2-5,8,10H2,1H3. The molecule has 0 spiro atoms. The van der Waals surface area contributed by atoms with E-state index in [2.05, 4.69) is 10.1 Å². The van der Waals surface area contributed by atoms with Gasteiger partial charge in [-0.2, -0.15) is 4.98 Å². The monoisotopic (exact) mass is 388 g/mol. The maximum atomic E-state index is 13.6. The van der Waals surface area contributed by atoms with Crippen molar-refractivity contribution in [3.8, 4) is 11.4 Å². The lowest BCUT2D eigenvalue weighted by atomic mass is 10.1. The normalized spacial score (nSPS) is 14.0. The molecule has 7 nitrogen and oxygen atoms in total. The van der Waals surface area contributed by atoms with Crippen molar-refractivity contribution in [3.05, 3.63) is 67.8 Å². The minimum absolute atomic E-state index is 0.132. The molecule has 0 saturated carbocycles. The maximum Gasteiger partial charge on any atom is 0.331 e. The number of aromatic nitrogens is 4. The van der Waals surface area contributed by atoms with Crippen LogP contribution in [0.3, 0.4) is 0 Å². The highest BCUT2D eigenvalue weighted by Crippen LogP contribution is 2.21. The topological polar surface area (TPSA) is 82.9 Å². The Morgan fingerprint density at radius 1 is 1.14 bits per heavy atom. The quantitative estimate of drug-likeness (QED) is 0.688. The van der Waals surface area contributed by atoms with Crippen LogP contribution < -0.4 is 11.2 Å². The predicted octanol–water partition coefficient (Wildman–Crippen LogP) is 2.42. The molecule has 0 radical (unpaired) electrons. The van der Waals surface area contributed by atoms with Gasteiger partial charge < -0.3 is 4.52 Å². The number of aryl methyl sites for hydroxylation is 1. The molecule has 0 atom stereocenters. The Balaban J connectivity index is 1.93. The minimum atomic E-state index is -1.03. The van der Waals surface area contributed by atoms with Crippen LogP contribution in [0, 0.1) is 18.6 Å². The highest BCUT2D eigenvalue weighted by Gasteiger charge is 2.24. The smallest absolute Gasteiger partial charge is 0.331 e. The van der Waals surface area contributed by atoms with Gasteiger partial charge >= 0.3 is 5.69 Å². The third-order valence-corrected chi connectivity index (χ3v) is 4.91. The lowest BCUT2D eigenvalue weighted by molar-refractivity contribution is 0.394. The molecular weight excluding hydrogens is 370 g/mol. The van der Waals surface area contributed by atoms with Gasteiger partial charge in [-0.15, -0.1) is 0 Å². The van der Waals surface area contributed by atoms with E-state index in [0.717, 1.165) is 36.0 Å². The molecule has 2 aromatic heterocycles. The highest BCUT2D eigenvalue weighted by molar-refractivity contribution is 5.56.